The van der Waals surface area contributed by atoms with Gasteiger partial charge in [-0.15, -0.1) is 0 Å². The van der Waals surface area contributed by atoms with Crippen LogP contribution < -0.4 is 5.32 Å². The minimum atomic E-state index is -0.359. The van der Waals surface area contributed by atoms with E-state index in [0.29, 0.717) is 6.54 Å². The number of amides is 1. The second-order valence-corrected chi connectivity index (χ2v) is 4.75. The van der Waals surface area contributed by atoms with Gasteiger partial charge in [0, 0.05) is 6.54 Å². The maximum Gasteiger partial charge on any atom is 0.262 e. The summed E-state index contributed by atoms with van der Waals surface area (Å²) in [4.78, 5) is 12.0. The predicted molar refractivity (Wildman–Crippen MR) is 83.1 cm³/mol. The molecule has 3 heteroatoms. The third kappa shape index (κ3) is 4.32. The fourth-order valence-electron chi connectivity index (χ4n) is 1.85. The average Bonchev–Trinajstić information content (AvgIpc) is 2.52. The lowest BCUT2D eigenvalue weighted by atomic mass is 10.1. The monoisotopic (exact) mass is 276 g/mol. The number of carbonyl (C=O) groups is 1. The number of benzene rings is 2. The lowest BCUT2D eigenvalue weighted by Gasteiger charge is -2.05. The normalized spacial score (nSPS) is 10.8. The smallest absolute Gasteiger partial charge is 0.262 e. The van der Waals surface area contributed by atoms with Crippen LogP contribution in [0.25, 0.3) is 6.08 Å². The highest BCUT2D eigenvalue weighted by Crippen LogP contribution is 2.07. The Hall–Kier alpha value is -2.86. The van der Waals surface area contributed by atoms with Crippen molar-refractivity contribution in [2.24, 2.45) is 0 Å². The molecule has 1 N–H and O–H groups in total. The minimum Gasteiger partial charge on any atom is -0.347 e. The molecule has 0 bridgehead atoms. The Morgan fingerprint density at radius 2 is 1.81 bits per heavy atom. The molecule has 3 nitrogen and oxygen atoms in total. The van der Waals surface area contributed by atoms with Crippen LogP contribution >= 0.6 is 0 Å². The van der Waals surface area contributed by atoms with E-state index in [2.05, 4.69) is 5.32 Å². The highest BCUT2D eigenvalue weighted by molar-refractivity contribution is 6.01. The van der Waals surface area contributed by atoms with E-state index < -0.39 is 0 Å². The van der Waals surface area contributed by atoms with E-state index in [4.69, 9.17) is 5.26 Å². The number of aryl methyl sites for hydroxylation is 1. The van der Waals surface area contributed by atoms with E-state index in [1.165, 1.54) is 5.56 Å². The van der Waals surface area contributed by atoms with Gasteiger partial charge in [-0.3, -0.25) is 4.79 Å². The van der Waals surface area contributed by atoms with E-state index >= 15 is 0 Å². The van der Waals surface area contributed by atoms with Crippen LogP contribution in [0, 0.1) is 18.3 Å². The molecule has 0 fully saturated rings. The Labute approximate surface area is 124 Å². The molecule has 0 atom stereocenters. The van der Waals surface area contributed by atoms with E-state index in [9.17, 15) is 4.79 Å². The molecule has 21 heavy (non-hydrogen) atoms. The molecule has 104 valence electrons. The van der Waals surface area contributed by atoms with Crippen LogP contribution in [-0.2, 0) is 11.3 Å². The Morgan fingerprint density at radius 1 is 1.14 bits per heavy atom. The van der Waals surface area contributed by atoms with Crippen molar-refractivity contribution in [3.63, 3.8) is 0 Å². The van der Waals surface area contributed by atoms with Crippen LogP contribution in [0.2, 0.25) is 0 Å². The summed E-state index contributed by atoms with van der Waals surface area (Å²) in [6.45, 7) is 2.42. The zero-order valence-electron chi connectivity index (χ0n) is 11.8. The number of hydrogen-bond donors (Lipinski definition) is 1. The van der Waals surface area contributed by atoms with Gasteiger partial charge in [-0.05, 0) is 24.1 Å². The molecule has 2 rings (SSSR count). The van der Waals surface area contributed by atoms with Crippen LogP contribution in [-0.4, -0.2) is 5.91 Å². The van der Waals surface area contributed by atoms with Crippen LogP contribution in [0.15, 0.2) is 60.2 Å². The maximum atomic E-state index is 12.0. The van der Waals surface area contributed by atoms with Gasteiger partial charge in [-0.2, -0.15) is 5.26 Å². The third-order valence-electron chi connectivity index (χ3n) is 3.05. The molecule has 0 unspecified atom stereocenters. The maximum absolute atomic E-state index is 12.0. The van der Waals surface area contributed by atoms with Crippen LogP contribution in [0.4, 0.5) is 0 Å². The highest BCUT2D eigenvalue weighted by atomic mass is 16.1. The van der Waals surface area contributed by atoms with Crippen molar-refractivity contribution in [3.8, 4) is 6.07 Å². The molecule has 0 aromatic heterocycles. The largest absolute Gasteiger partial charge is 0.347 e. The van der Waals surface area contributed by atoms with Crippen molar-refractivity contribution in [2.45, 2.75) is 13.5 Å². The minimum absolute atomic E-state index is 0.105. The third-order valence-corrected chi connectivity index (χ3v) is 3.05. The molecule has 1 amide bonds. The Kier molecular flexibility index (Phi) is 4.89. The topological polar surface area (TPSA) is 52.9 Å². The van der Waals surface area contributed by atoms with E-state index in [0.717, 1.165) is 11.1 Å². The van der Waals surface area contributed by atoms with Crippen molar-refractivity contribution in [3.05, 3.63) is 76.9 Å². The Balaban J connectivity index is 2.03. The lowest BCUT2D eigenvalue weighted by molar-refractivity contribution is -0.117. The summed E-state index contributed by atoms with van der Waals surface area (Å²) in [5.74, 6) is -0.359. The Morgan fingerprint density at radius 3 is 2.43 bits per heavy atom. The molecule has 0 aliphatic carbocycles. The van der Waals surface area contributed by atoms with Crippen molar-refractivity contribution in [1.29, 1.82) is 5.26 Å². The number of nitrogens with zero attached hydrogens (tertiary/aromatic N) is 1. The second-order valence-electron chi connectivity index (χ2n) is 4.75. The zero-order valence-corrected chi connectivity index (χ0v) is 11.8. The van der Waals surface area contributed by atoms with Gasteiger partial charge in [-0.1, -0.05) is 60.2 Å². The number of hydrogen-bond acceptors (Lipinski definition) is 2. The van der Waals surface area contributed by atoms with Gasteiger partial charge in [0.1, 0.15) is 11.6 Å². The number of rotatable bonds is 4. The summed E-state index contributed by atoms with van der Waals surface area (Å²) in [5, 5.41) is 11.9. The van der Waals surface area contributed by atoms with Gasteiger partial charge in [0.2, 0.25) is 0 Å². The molecule has 0 spiro atoms. The lowest BCUT2D eigenvalue weighted by Crippen LogP contribution is -2.23. The molecular weight excluding hydrogens is 260 g/mol. The van der Waals surface area contributed by atoms with Gasteiger partial charge >= 0.3 is 0 Å². The van der Waals surface area contributed by atoms with Crippen molar-refractivity contribution < 1.29 is 4.79 Å². The van der Waals surface area contributed by atoms with Gasteiger partial charge < -0.3 is 5.32 Å². The molecule has 0 radical (unpaired) electrons. The Bertz CT molecular complexity index is 679. The first-order chi connectivity index (χ1) is 10.2. The van der Waals surface area contributed by atoms with E-state index in [1.807, 2.05) is 67.6 Å². The highest BCUT2D eigenvalue weighted by Gasteiger charge is 2.08. The summed E-state index contributed by atoms with van der Waals surface area (Å²) in [7, 11) is 0. The zero-order chi connectivity index (χ0) is 15.1. The second kappa shape index (κ2) is 7.06. The summed E-state index contributed by atoms with van der Waals surface area (Å²) < 4.78 is 0. The molecule has 2 aromatic carbocycles. The van der Waals surface area contributed by atoms with Gasteiger partial charge in [0.15, 0.2) is 0 Å². The first-order valence-corrected chi connectivity index (χ1v) is 6.69. The standard InChI is InChI=1S/C18H16N2O/c1-14-7-9-16(10-8-14)13-20-18(21)17(12-19)11-15-5-3-2-4-6-15/h2-11H,13H2,1H3,(H,20,21)/b17-11-. The summed E-state index contributed by atoms with van der Waals surface area (Å²) in [6, 6.07) is 19.2. The molecule has 0 aliphatic rings. The first kappa shape index (κ1) is 14.5. The molecule has 2 aromatic rings. The van der Waals surface area contributed by atoms with Crippen LogP contribution in [0.1, 0.15) is 16.7 Å². The van der Waals surface area contributed by atoms with Crippen LogP contribution in [0.5, 0.6) is 0 Å². The van der Waals surface area contributed by atoms with Gasteiger partial charge in [0.05, 0.1) is 0 Å². The van der Waals surface area contributed by atoms with E-state index in [1.54, 1.807) is 6.08 Å². The molecular formula is C18H16N2O. The van der Waals surface area contributed by atoms with Gasteiger partial charge in [-0.25, -0.2) is 0 Å². The van der Waals surface area contributed by atoms with Crippen molar-refractivity contribution in [2.75, 3.05) is 0 Å². The van der Waals surface area contributed by atoms with Crippen LogP contribution in [0.3, 0.4) is 0 Å². The quantitative estimate of drug-likeness (QED) is 0.688. The predicted octanol–water partition coefficient (Wildman–Crippen LogP) is 3.22. The molecule has 0 heterocycles. The SMILES string of the molecule is Cc1ccc(CNC(=O)/C(C#N)=C\c2ccccc2)cc1. The molecule has 0 aliphatic heterocycles. The van der Waals surface area contributed by atoms with Gasteiger partial charge in [0.25, 0.3) is 5.91 Å². The number of nitrogens with one attached hydrogen (secondary N) is 1. The number of carbonyl (C=O) groups excluding carboxylic acids is 1. The van der Waals surface area contributed by atoms with Crippen molar-refractivity contribution in [1.82, 2.24) is 5.32 Å². The summed E-state index contributed by atoms with van der Waals surface area (Å²) >= 11 is 0. The average molecular weight is 276 g/mol. The fraction of sp³-hybridized carbons (Fsp3) is 0.111. The fourth-order valence-corrected chi connectivity index (χ4v) is 1.85. The number of nitriles is 1. The summed E-state index contributed by atoms with van der Waals surface area (Å²) in [5.41, 5.74) is 3.12. The first-order valence-electron chi connectivity index (χ1n) is 6.69. The summed E-state index contributed by atoms with van der Waals surface area (Å²) in [6.07, 6.45) is 1.59. The van der Waals surface area contributed by atoms with E-state index in [-0.39, 0.29) is 11.5 Å². The van der Waals surface area contributed by atoms with Crippen molar-refractivity contribution >= 4 is 12.0 Å². The molecule has 0 saturated carbocycles. The molecule has 0 saturated heterocycles.